The second-order valence-corrected chi connectivity index (χ2v) is 9.42. The lowest BCUT2D eigenvalue weighted by atomic mass is 9.63. The van der Waals surface area contributed by atoms with Gasteiger partial charge in [-0.05, 0) is 49.8 Å². The van der Waals surface area contributed by atoms with Gasteiger partial charge in [0, 0.05) is 26.5 Å². The quantitative estimate of drug-likeness (QED) is 0.804. The molecule has 0 aromatic heterocycles. The van der Waals surface area contributed by atoms with Gasteiger partial charge in [-0.1, -0.05) is 18.6 Å². The van der Waals surface area contributed by atoms with E-state index >= 15 is 0 Å². The van der Waals surface area contributed by atoms with Crippen molar-refractivity contribution in [1.29, 1.82) is 0 Å². The minimum absolute atomic E-state index is 0.125. The summed E-state index contributed by atoms with van der Waals surface area (Å²) in [5, 5.41) is 0. The molecular formula is C19H27NO4S. The van der Waals surface area contributed by atoms with E-state index in [1.165, 1.54) is 6.26 Å². The van der Waals surface area contributed by atoms with Crippen LogP contribution in [-0.2, 0) is 24.8 Å². The number of hydrogen-bond acceptors (Lipinski definition) is 4. The highest BCUT2D eigenvalue weighted by molar-refractivity contribution is 7.90. The van der Waals surface area contributed by atoms with Crippen LogP contribution in [0, 0.1) is 0 Å². The summed E-state index contributed by atoms with van der Waals surface area (Å²) in [6, 6.07) is 6.83. The van der Waals surface area contributed by atoms with Gasteiger partial charge in [0.25, 0.3) is 0 Å². The molecule has 0 radical (unpaired) electrons. The molecule has 1 heterocycles. The monoisotopic (exact) mass is 365 g/mol. The van der Waals surface area contributed by atoms with Gasteiger partial charge in [0.1, 0.15) is 0 Å². The molecule has 0 spiro atoms. The number of ether oxygens (including phenoxy) is 1. The molecule has 0 N–H and O–H groups in total. The van der Waals surface area contributed by atoms with E-state index in [-0.39, 0.29) is 12.0 Å². The van der Waals surface area contributed by atoms with Crippen molar-refractivity contribution in [1.82, 2.24) is 4.90 Å². The van der Waals surface area contributed by atoms with Gasteiger partial charge >= 0.3 is 0 Å². The minimum atomic E-state index is -3.22. The van der Waals surface area contributed by atoms with Crippen molar-refractivity contribution in [2.24, 2.45) is 0 Å². The number of carbonyl (C=O) groups is 1. The van der Waals surface area contributed by atoms with Gasteiger partial charge in [-0.2, -0.15) is 0 Å². The van der Waals surface area contributed by atoms with Crippen LogP contribution in [0.1, 0.15) is 44.1 Å². The molecule has 1 aliphatic carbocycles. The van der Waals surface area contributed by atoms with Crippen LogP contribution in [0.4, 0.5) is 0 Å². The first-order valence-electron chi connectivity index (χ1n) is 9.01. The third-order valence-corrected chi connectivity index (χ3v) is 6.68. The first-order chi connectivity index (χ1) is 11.8. The highest BCUT2D eigenvalue weighted by atomic mass is 32.2. The van der Waals surface area contributed by atoms with Gasteiger partial charge in [-0.25, -0.2) is 8.42 Å². The number of carbonyl (C=O) groups excluding carboxylic acids is 1. The molecule has 25 heavy (non-hydrogen) atoms. The second kappa shape index (κ2) is 7.08. The lowest BCUT2D eigenvalue weighted by Gasteiger charge is -2.44. The summed E-state index contributed by atoms with van der Waals surface area (Å²) >= 11 is 0. The third kappa shape index (κ3) is 3.75. The van der Waals surface area contributed by atoms with Crippen molar-refractivity contribution < 1.29 is 17.9 Å². The van der Waals surface area contributed by atoms with Gasteiger partial charge in [-0.3, -0.25) is 4.79 Å². The number of amides is 1. The van der Waals surface area contributed by atoms with Crippen LogP contribution in [0.2, 0.25) is 0 Å². The van der Waals surface area contributed by atoms with Crippen LogP contribution in [0.25, 0.3) is 0 Å². The second-order valence-electron chi connectivity index (χ2n) is 7.41. The fourth-order valence-electron chi connectivity index (χ4n) is 3.88. The SMILES string of the molecule is CN(CC1CCCCO1)C(=O)C1(c2ccc(S(C)(=O)=O)cc2)CCC1. The zero-order valence-corrected chi connectivity index (χ0v) is 15.8. The van der Waals surface area contributed by atoms with E-state index in [0.29, 0.717) is 11.4 Å². The summed E-state index contributed by atoms with van der Waals surface area (Å²) in [7, 11) is -1.37. The predicted octanol–water partition coefficient (Wildman–Crippen LogP) is 2.54. The summed E-state index contributed by atoms with van der Waals surface area (Å²) < 4.78 is 29.1. The maximum atomic E-state index is 13.2. The van der Waals surface area contributed by atoms with E-state index in [4.69, 9.17) is 4.74 Å². The van der Waals surface area contributed by atoms with Crippen LogP contribution in [0.15, 0.2) is 29.2 Å². The Labute approximate surface area is 150 Å². The standard InChI is InChI=1S/C19H27NO4S/c1-20(14-16-6-3-4-13-24-16)18(21)19(11-5-12-19)15-7-9-17(10-8-15)25(2,22)23/h7-10,16H,3-6,11-14H2,1-2H3. The first-order valence-corrected chi connectivity index (χ1v) is 10.9. The molecule has 6 heteroatoms. The zero-order valence-electron chi connectivity index (χ0n) is 15.0. The Morgan fingerprint density at radius 3 is 2.36 bits per heavy atom. The maximum absolute atomic E-state index is 13.2. The number of sulfone groups is 1. The van der Waals surface area contributed by atoms with E-state index in [0.717, 1.165) is 50.7 Å². The number of benzene rings is 1. The average Bonchev–Trinajstić information content (AvgIpc) is 2.54. The summed E-state index contributed by atoms with van der Waals surface area (Å²) in [5.74, 6) is 0.125. The Balaban J connectivity index is 1.76. The third-order valence-electron chi connectivity index (χ3n) is 5.55. The molecular weight excluding hydrogens is 338 g/mol. The molecule has 1 aliphatic heterocycles. The van der Waals surface area contributed by atoms with Crippen molar-refractivity contribution in [2.75, 3.05) is 26.5 Å². The molecule has 1 saturated carbocycles. The number of hydrogen-bond donors (Lipinski definition) is 0. The van der Waals surface area contributed by atoms with E-state index in [2.05, 4.69) is 0 Å². The van der Waals surface area contributed by atoms with E-state index in [1.54, 1.807) is 29.2 Å². The zero-order chi connectivity index (χ0) is 18.1. The topological polar surface area (TPSA) is 63.7 Å². The summed E-state index contributed by atoms with van der Waals surface area (Å²) in [4.78, 5) is 15.3. The Morgan fingerprint density at radius 2 is 1.88 bits per heavy atom. The molecule has 0 bridgehead atoms. The highest BCUT2D eigenvalue weighted by Crippen LogP contribution is 2.45. The number of rotatable bonds is 5. The van der Waals surface area contributed by atoms with Gasteiger partial charge in [-0.15, -0.1) is 0 Å². The number of nitrogens with zero attached hydrogens (tertiary/aromatic N) is 1. The predicted molar refractivity (Wildman–Crippen MR) is 96.3 cm³/mol. The van der Waals surface area contributed by atoms with Crippen LogP contribution in [-0.4, -0.2) is 51.8 Å². The molecule has 1 amide bonds. The average molecular weight is 365 g/mol. The first kappa shape index (κ1) is 18.4. The molecule has 2 aliphatic rings. The summed E-state index contributed by atoms with van der Waals surface area (Å²) in [5.41, 5.74) is 0.423. The van der Waals surface area contributed by atoms with Crippen molar-refractivity contribution in [3.63, 3.8) is 0 Å². The van der Waals surface area contributed by atoms with Crippen molar-refractivity contribution in [2.45, 2.75) is 54.9 Å². The lowest BCUT2D eigenvalue weighted by molar-refractivity contribution is -0.142. The molecule has 1 saturated heterocycles. The fraction of sp³-hybridized carbons (Fsp3) is 0.632. The van der Waals surface area contributed by atoms with Crippen LogP contribution in [0.3, 0.4) is 0 Å². The van der Waals surface area contributed by atoms with Crippen molar-refractivity contribution in [3.05, 3.63) is 29.8 Å². The lowest BCUT2D eigenvalue weighted by Crippen LogP contribution is -2.51. The van der Waals surface area contributed by atoms with E-state index < -0.39 is 15.3 Å². The molecule has 1 aromatic rings. The molecule has 5 nitrogen and oxygen atoms in total. The molecule has 1 atom stereocenters. The Morgan fingerprint density at radius 1 is 1.20 bits per heavy atom. The van der Waals surface area contributed by atoms with Gasteiger partial charge in [0.05, 0.1) is 16.4 Å². The molecule has 138 valence electrons. The molecule has 3 rings (SSSR count). The van der Waals surface area contributed by atoms with Crippen LogP contribution in [0.5, 0.6) is 0 Å². The minimum Gasteiger partial charge on any atom is -0.376 e. The normalized spacial score (nSPS) is 22.9. The van der Waals surface area contributed by atoms with Crippen LogP contribution >= 0.6 is 0 Å². The Bertz CT molecular complexity index is 716. The Hall–Kier alpha value is -1.40. The molecule has 1 aromatic carbocycles. The van der Waals surface area contributed by atoms with Gasteiger partial charge in [0.2, 0.25) is 5.91 Å². The summed E-state index contributed by atoms with van der Waals surface area (Å²) in [6.45, 7) is 1.41. The summed E-state index contributed by atoms with van der Waals surface area (Å²) in [6.07, 6.45) is 7.26. The van der Waals surface area contributed by atoms with Gasteiger partial charge in [0.15, 0.2) is 9.84 Å². The highest BCUT2D eigenvalue weighted by Gasteiger charge is 2.47. The fourth-order valence-corrected chi connectivity index (χ4v) is 4.51. The van der Waals surface area contributed by atoms with Gasteiger partial charge < -0.3 is 9.64 Å². The van der Waals surface area contributed by atoms with Crippen molar-refractivity contribution in [3.8, 4) is 0 Å². The largest absolute Gasteiger partial charge is 0.376 e. The molecule has 2 fully saturated rings. The smallest absolute Gasteiger partial charge is 0.233 e. The van der Waals surface area contributed by atoms with E-state index in [1.807, 2.05) is 7.05 Å². The van der Waals surface area contributed by atoms with E-state index in [9.17, 15) is 13.2 Å². The Kier molecular flexibility index (Phi) is 5.21. The molecule has 1 unspecified atom stereocenters. The number of likely N-dealkylation sites (N-methyl/N-ethyl adjacent to an activating group) is 1. The van der Waals surface area contributed by atoms with Crippen LogP contribution < -0.4 is 0 Å². The van der Waals surface area contributed by atoms with Crippen molar-refractivity contribution >= 4 is 15.7 Å². The maximum Gasteiger partial charge on any atom is 0.233 e.